The highest BCUT2D eigenvalue weighted by molar-refractivity contribution is 6.04. The van der Waals surface area contributed by atoms with Gasteiger partial charge in [-0.1, -0.05) is 63.5 Å². The number of amides is 2. The predicted octanol–water partition coefficient (Wildman–Crippen LogP) is 7.50. The van der Waals surface area contributed by atoms with Gasteiger partial charge in [0.1, 0.15) is 5.75 Å². The summed E-state index contributed by atoms with van der Waals surface area (Å²) in [5.74, 6) is 1.94. The second-order valence-electron chi connectivity index (χ2n) is 14.3. The van der Waals surface area contributed by atoms with Crippen LogP contribution >= 0.6 is 0 Å². The Morgan fingerprint density at radius 3 is 2.55 bits per heavy atom. The summed E-state index contributed by atoms with van der Waals surface area (Å²) in [6.45, 7) is 5.33. The molecule has 7 heteroatoms. The number of hydrogen-bond donors (Lipinski definition) is 3. The van der Waals surface area contributed by atoms with Gasteiger partial charge in [0.15, 0.2) is 0 Å². The van der Waals surface area contributed by atoms with Gasteiger partial charge in [-0.3, -0.25) is 14.4 Å². The third kappa shape index (κ3) is 5.75. The van der Waals surface area contributed by atoms with Crippen LogP contribution in [0.1, 0.15) is 90.9 Å². The number of unbranched alkanes of at least 4 members (excludes halogenated alkanes) is 4. The van der Waals surface area contributed by atoms with Gasteiger partial charge in [0.05, 0.1) is 6.61 Å². The van der Waals surface area contributed by atoms with Gasteiger partial charge in [-0.25, -0.2) is 0 Å². The number of aliphatic carboxylic acids is 1. The summed E-state index contributed by atoms with van der Waals surface area (Å²) < 4.78 is 6.18. The fraction of sp³-hybridized carbons (Fsp3) is 0.595. The molecule has 0 saturated heterocycles. The van der Waals surface area contributed by atoms with Crippen LogP contribution in [0, 0.1) is 34.5 Å². The Morgan fingerprint density at radius 1 is 0.932 bits per heavy atom. The van der Waals surface area contributed by atoms with Crippen molar-refractivity contribution >= 4 is 34.2 Å². The Hall–Kier alpha value is -3.35. The Kier molecular flexibility index (Phi) is 8.76. The van der Waals surface area contributed by atoms with E-state index in [4.69, 9.17) is 9.84 Å². The van der Waals surface area contributed by atoms with Crippen LogP contribution < -0.4 is 15.4 Å². The molecule has 0 radical (unpaired) electrons. The molecule has 1 aliphatic heterocycles. The van der Waals surface area contributed by atoms with Gasteiger partial charge in [-0.05, 0) is 92.7 Å². The number of rotatable bonds is 11. The number of carboxylic acids is 1. The molecule has 2 aromatic rings. The standard InChI is InChI=1S/C37H48N2O5/c1-36-21-19-28-26(15-18-32-37(28,2)22-20-33(40)39-32)27(36)16-17-29(36)35(43)38-30-12-8-11-25-24(30)10-9-13-31(25)44-23-7-5-3-4-6-14-34(41)42/h8-13,20,22,26-29,32H,3-7,14-19,21,23H2,1-2H3,(H,38,43)(H,39,40)(H,41,42)/t26-,27-,28-,29+,32+,36-,37+/m0/s1. The lowest BCUT2D eigenvalue weighted by molar-refractivity contribution is -0.137. The van der Waals surface area contributed by atoms with Crippen molar-refractivity contribution in [2.24, 2.45) is 34.5 Å². The van der Waals surface area contributed by atoms with Crippen LogP contribution in [0.4, 0.5) is 5.69 Å². The van der Waals surface area contributed by atoms with Crippen molar-refractivity contribution in [3.05, 3.63) is 48.6 Å². The van der Waals surface area contributed by atoms with Gasteiger partial charge in [0, 0.05) is 40.3 Å². The van der Waals surface area contributed by atoms with E-state index in [1.807, 2.05) is 24.3 Å². The van der Waals surface area contributed by atoms with E-state index in [2.05, 4.69) is 42.7 Å². The molecule has 3 aliphatic carbocycles. The molecule has 0 unspecified atom stereocenters. The molecule has 0 bridgehead atoms. The molecule has 44 heavy (non-hydrogen) atoms. The maximum Gasteiger partial charge on any atom is 0.303 e. The molecular weight excluding hydrogens is 552 g/mol. The first kappa shape index (κ1) is 30.7. The summed E-state index contributed by atoms with van der Waals surface area (Å²) in [5.41, 5.74) is 0.833. The van der Waals surface area contributed by atoms with Gasteiger partial charge in [-0.15, -0.1) is 0 Å². The lowest BCUT2D eigenvalue weighted by atomic mass is 9.48. The molecule has 1 heterocycles. The van der Waals surface area contributed by atoms with Crippen LogP contribution in [0.3, 0.4) is 0 Å². The number of carbonyl (C=O) groups excluding carboxylic acids is 2. The molecule has 7 atom stereocenters. The molecule has 7 nitrogen and oxygen atoms in total. The molecule has 3 saturated carbocycles. The zero-order valence-electron chi connectivity index (χ0n) is 26.3. The van der Waals surface area contributed by atoms with Crippen molar-refractivity contribution in [2.75, 3.05) is 11.9 Å². The summed E-state index contributed by atoms with van der Waals surface area (Å²) in [4.78, 5) is 36.8. The van der Waals surface area contributed by atoms with Crippen LogP contribution in [-0.4, -0.2) is 35.5 Å². The molecule has 236 valence electrons. The average Bonchev–Trinajstić information content (AvgIpc) is 3.36. The highest BCUT2D eigenvalue weighted by atomic mass is 16.5. The fourth-order valence-corrected chi connectivity index (χ4v) is 9.59. The number of hydrogen-bond acceptors (Lipinski definition) is 4. The van der Waals surface area contributed by atoms with E-state index in [9.17, 15) is 14.4 Å². The Labute approximate surface area is 261 Å². The molecule has 0 spiro atoms. The second kappa shape index (κ2) is 12.6. The molecule has 4 aliphatic rings. The molecule has 2 aromatic carbocycles. The lowest BCUT2D eigenvalue weighted by Gasteiger charge is -2.58. The zero-order chi connectivity index (χ0) is 30.9. The summed E-state index contributed by atoms with van der Waals surface area (Å²) in [6.07, 6.45) is 15.1. The number of benzene rings is 2. The van der Waals surface area contributed by atoms with Crippen LogP contribution in [-0.2, 0) is 14.4 Å². The van der Waals surface area contributed by atoms with Gasteiger partial charge in [0.25, 0.3) is 0 Å². The molecule has 2 amide bonds. The van der Waals surface area contributed by atoms with Crippen LogP contribution in [0.2, 0.25) is 0 Å². The van der Waals surface area contributed by atoms with Crippen molar-refractivity contribution in [3.8, 4) is 5.75 Å². The van der Waals surface area contributed by atoms with Gasteiger partial charge in [-0.2, -0.15) is 0 Å². The average molecular weight is 601 g/mol. The summed E-state index contributed by atoms with van der Waals surface area (Å²) in [5, 5.41) is 17.4. The first-order chi connectivity index (χ1) is 21.2. The van der Waals surface area contributed by atoms with Crippen molar-refractivity contribution in [2.45, 2.75) is 96.9 Å². The number of fused-ring (bicyclic) bond motifs is 6. The third-order valence-electron chi connectivity index (χ3n) is 11.9. The van der Waals surface area contributed by atoms with E-state index in [0.29, 0.717) is 24.4 Å². The van der Waals surface area contributed by atoms with E-state index in [-0.39, 0.29) is 41.0 Å². The summed E-state index contributed by atoms with van der Waals surface area (Å²) >= 11 is 0. The topological polar surface area (TPSA) is 105 Å². The first-order valence-corrected chi connectivity index (χ1v) is 16.9. The predicted molar refractivity (Wildman–Crippen MR) is 172 cm³/mol. The number of carbonyl (C=O) groups is 3. The minimum Gasteiger partial charge on any atom is -0.493 e. The van der Waals surface area contributed by atoms with E-state index in [1.165, 1.54) is 0 Å². The molecule has 3 N–H and O–H groups in total. The zero-order valence-corrected chi connectivity index (χ0v) is 26.3. The Balaban J connectivity index is 1.10. The number of ether oxygens (including phenoxy) is 1. The minimum absolute atomic E-state index is 0.00316. The Morgan fingerprint density at radius 2 is 1.70 bits per heavy atom. The van der Waals surface area contributed by atoms with Gasteiger partial charge in [0.2, 0.25) is 11.8 Å². The number of carboxylic acid groups (broad SMARTS) is 1. The normalized spacial score (nSPS) is 32.3. The van der Waals surface area contributed by atoms with Crippen molar-refractivity contribution in [1.29, 1.82) is 0 Å². The minimum atomic E-state index is -0.726. The van der Waals surface area contributed by atoms with Crippen LogP contribution in [0.5, 0.6) is 5.75 Å². The number of nitrogens with one attached hydrogen (secondary N) is 2. The largest absolute Gasteiger partial charge is 0.493 e. The highest BCUT2D eigenvalue weighted by Crippen LogP contribution is 2.65. The molecular formula is C37H48N2O5. The van der Waals surface area contributed by atoms with Crippen molar-refractivity contribution in [1.82, 2.24) is 5.32 Å². The van der Waals surface area contributed by atoms with Gasteiger partial charge >= 0.3 is 5.97 Å². The van der Waals surface area contributed by atoms with Crippen LogP contribution in [0.15, 0.2) is 48.6 Å². The van der Waals surface area contributed by atoms with Gasteiger partial charge < -0.3 is 20.5 Å². The first-order valence-electron chi connectivity index (χ1n) is 16.9. The number of anilines is 1. The van der Waals surface area contributed by atoms with E-state index >= 15 is 0 Å². The second-order valence-corrected chi connectivity index (χ2v) is 14.3. The SMILES string of the molecule is C[C@]12C=CC(=O)N[C@@H]1CC[C@@H]1[C@@H]2CC[C@]2(C)[C@@H](C(=O)Nc3cccc4c(OCCCCCCCC(=O)O)cccc34)CC[C@@H]12. The smallest absolute Gasteiger partial charge is 0.303 e. The Bertz CT molecular complexity index is 1440. The molecule has 3 fully saturated rings. The quantitative estimate of drug-likeness (QED) is 0.232. The highest BCUT2D eigenvalue weighted by Gasteiger charge is 2.60. The van der Waals surface area contributed by atoms with Crippen LogP contribution in [0.25, 0.3) is 10.8 Å². The third-order valence-corrected chi connectivity index (χ3v) is 11.9. The lowest BCUT2D eigenvalue weighted by Crippen LogP contribution is -2.59. The summed E-state index contributed by atoms with van der Waals surface area (Å²) in [7, 11) is 0. The van der Waals surface area contributed by atoms with E-state index in [1.54, 1.807) is 6.08 Å². The maximum atomic E-state index is 14.0. The fourth-order valence-electron chi connectivity index (χ4n) is 9.59. The summed E-state index contributed by atoms with van der Waals surface area (Å²) in [6, 6.07) is 12.3. The monoisotopic (exact) mass is 600 g/mol. The van der Waals surface area contributed by atoms with E-state index in [0.717, 1.165) is 92.8 Å². The van der Waals surface area contributed by atoms with Crippen molar-refractivity contribution in [3.63, 3.8) is 0 Å². The van der Waals surface area contributed by atoms with E-state index < -0.39 is 5.97 Å². The maximum absolute atomic E-state index is 14.0. The van der Waals surface area contributed by atoms with Crippen molar-refractivity contribution < 1.29 is 24.2 Å². The molecule has 6 rings (SSSR count). The molecule has 0 aromatic heterocycles.